The fourth-order valence-corrected chi connectivity index (χ4v) is 2.44. The van der Waals surface area contributed by atoms with E-state index in [4.69, 9.17) is 0 Å². The zero-order valence-corrected chi connectivity index (χ0v) is 11.9. The van der Waals surface area contributed by atoms with E-state index in [2.05, 4.69) is 26.3 Å². The standard InChI is InChI=1S/C13H15BrFN3/c1-3-18-11(7-8-17-18)13(16-2)9-5-4-6-10(14)12(9)15/h4-8,13,16H,3H2,1-2H3. The number of aromatic nitrogens is 2. The van der Waals surface area contributed by atoms with Gasteiger partial charge in [-0.2, -0.15) is 5.10 Å². The third kappa shape index (κ3) is 2.33. The van der Waals surface area contributed by atoms with Gasteiger partial charge in [0.25, 0.3) is 0 Å². The Labute approximate surface area is 114 Å². The van der Waals surface area contributed by atoms with Crippen LogP contribution in [0.3, 0.4) is 0 Å². The highest BCUT2D eigenvalue weighted by Crippen LogP contribution is 2.27. The van der Waals surface area contributed by atoms with E-state index >= 15 is 0 Å². The molecular weight excluding hydrogens is 297 g/mol. The van der Waals surface area contributed by atoms with Crippen molar-refractivity contribution in [1.29, 1.82) is 0 Å². The van der Waals surface area contributed by atoms with E-state index in [0.29, 0.717) is 10.0 Å². The first-order chi connectivity index (χ1) is 8.69. The summed E-state index contributed by atoms with van der Waals surface area (Å²) in [6.07, 6.45) is 1.74. The Balaban J connectivity index is 2.49. The average molecular weight is 312 g/mol. The van der Waals surface area contributed by atoms with Crippen LogP contribution in [0.2, 0.25) is 0 Å². The molecule has 0 saturated carbocycles. The molecule has 18 heavy (non-hydrogen) atoms. The summed E-state index contributed by atoms with van der Waals surface area (Å²) >= 11 is 3.22. The van der Waals surface area contributed by atoms with Gasteiger partial charge in [0, 0.05) is 18.3 Å². The first-order valence-electron chi connectivity index (χ1n) is 5.82. The number of nitrogens with zero attached hydrogens (tertiary/aromatic N) is 2. The zero-order valence-electron chi connectivity index (χ0n) is 10.3. The second kappa shape index (κ2) is 5.63. The summed E-state index contributed by atoms with van der Waals surface area (Å²) in [5, 5.41) is 7.37. The average Bonchev–Trinajstić information content (AvgIpc) is 2.83. The third-order valence-electron chi connectivity index (χ3n) is 2.93. The van der Waals surface area contributed by atoms with E-state index in [0.717, 1.165) is 12.2 Å². The van der Waals surface area contributed by atoms with Crippen molar-refractivity contribution in [3.8, 4) is 0 Å². The van der Waals surface area contributed by atoms with Gasteiger partial charge in [0.15, 0.2) is 0 Å². The smallest absolute Gasteiger partial charge is 0.142 e. The van der Waals surface area contributed by atoms with Crippen molar-refractivity contribution < 1.29 is 4.39 Å². The predicted octanol–water partition coefficient (Wildman–Crippen LogP) is 3.11. The van der Waals surface area contributed by atoms with Gasteiger partial charge >= 0.3 is 0 Å². The lowest BCUT2D eigenvalue weighted by atomic mass is 10.0. The molecule has 1 unspecified atom stereocenters. The summed E-state index contributed by atoms with van der Waals surface area (Å²) < 4.78 is 16.5. The minimum atomic E-state index is -0.235. The number of benzene rings is 1. The summed E-state index contributed by atoms with van der Waals surface area (Å²) in [6, 6.07) is 7.02. The summed E-state index contributed by atoms with van der Waals surface area (Å²) in [6.45, 7) is 2.77. The monoisotopic (exact) mass is 311 g/mol. The van der Waals surface area contributed by atoms with Crippen molar-refractivity contribution in [2.75, 3.05) is 7.05 Å². The van der Waals surface area contributed by atoms with E-state index in [9.17, 15) is 4.39 Å². The highest BCUT2D eigenvalue weighted by molar-refractivity contribution is 9.10. The third-order valence-corrected chi connectivity index (χ3v) is 3.54. The van der Waals surface area contributed by atoms with Crippen molar-refractivity contribution >= 4 is 15.9 Å². The van der Waals surface area contributed by atoms with E-state index in [1.54, 1.807) is 18.3 Å². The van der Waals surface area contributed by atoms with Crippen molar-refractivity contribution in [3.63, 3.8) is 0 Å². The van der Waals surface area contributed by atoms with Crippen LogP contribution in [0.5, 0.6) is 0 Å². The van der Waals surface area contributed by atoms with E-state index in [-0.39, 0.29) is 11.9 Å². The molecule has 1 aromatic carbocycles. The highest BCUT2D eigenvalue weighted by Gasteiger charge is 2.20. The molecule has 1 atom stereocenters. The molecule has 0 radical (unpaired) electrons. The van der Waals surface area contributed by atoms with Gasteiger partial charge in [0.2, 0.25) is 0 Å². The number of halogens is 2. The molecule has 0 spiro atoms. The Hall–Kier alpha value is -1.20. The second-order valence-electron chi connectivity index (χ2n) is 3.94. The van der Waals surface area contributed by atoms with E-state index in [1.165, 1.54) is 0 Å². The van der Waals surface area contributed by atoms with Crippen LogP contribution in [0.4, 0.5) is 4.39 Å². The van der Waals surface area contributed by atoms with Gasteiger partial charge in [0.05, 0.1) is 16.2 Å². The molecule has 0 aliphatic heterocycles. The number of rotatable bonds is 4. The maximum absolute atomic E-state index is 14.1. The molecule has 5 heteroatoms. The Morgan fingerprint density at radius 2 is 2.22 bits per heavy atom. The van der Waals surface area contributed by atoms with Crippen LogP contribution in [-0.2, 0) is 6.54 Å². The summed E-state index contributed by atoms with van der Waals surface area (Å²) in [4.78, 5) is 0. The lowest BCUT2D eigenvalue weighted by molar-refractivity contribution is 0.530. The fourth-order valence-electron chi connectivity index (χ4n) is 2.06. The lowest BCUT2D eigenvalue weighted by Gasteiger charge is -2.19. The van der Waals surface area contributed by atoms with Gasteiger partial charge in [-0.25, -0.2) is 4.39 Å². The van der Waals surface area contributed by atoms with Gasteiger partial charge in [0.1, 0.15) is 5.82 Å². The van der Waals surface area contributed by atoms with Crippen LogP contribution in [0.25, 0.3) is 0 Å². The summed E-state index contributed by atoms with van der Waals surface area (Å²) in [5.74, 6) is -0.235. The lowest BCUT2D eigenvalue weighted by Crippen LogP contribution is -2.22. The highest BCUT2D eigenvalue weighted by atomic mass is 79.9. The maximum Gasteiger partial charge on any atom is 0.142 e. The molecule has 0 amide bonds. The molecule has 1 aromatic heterocycles. The minimum Gasteiger partial charge on any atom is -0.308 e. The predicted molar refractivity (Wildman–Crippen MR) is 72.9 cm³/mol. The number of hydrogen-bond donors (Lipinski definition) is 1. The van der Waals surface area contributed by atoms with Crippen LogP contribution >= 0.6 is 15.9 Å². The summed E-state index contributed by atoms with van der Waals surface area (Å²) in [5.41, 5.74) is 1.57. The number of hydrogen-bond acceptors (Lipinski definition) is 2. The van der Waals surface area contributed by atoms with Gasteiger partial charge in [-0.3, -0.25) is 4.68 Å². The topological polar surface area (TPSA) is 29.9 Å². The first-order valence-corrected chi connectivity index (χ1v) is 6.61. The molecule has 0 bridgehead atoms. The Morgan fingerprint density at radius 3 is 2.89 bits per heavy atom. The van der Waals surface area contributed by atoms with Crippen LogP contribution < -0.4 is 5.32 Å². The van der Waals surface area contributed by atoms with Gasteiger partial charge in [-0.1, -0.05) is 12.1 Å². The van der Waals surface area contributed by atoms with Crippen molar-refractivity contribution in [3.05, 3.63) is 52.0 Å². The summed E-state index contributed by atoms with van der Waals surface area (Å²) in [7, 11) is 1.82. The molecule has 1 heterocycles. The van der Waals surface area contributed by atoms with E-state index < -0.39 is 0 Å². The number of aryl methyl sites for hydroxylation is 1. The molecule has 0 fully saturated rings. The van der Waals surface area contributed by atoms with Crippen molar-refractivity contribution in [2.24, 2.45) is 0 Å². The molecule has 0 aliphatic rings. The maximum atomic E-state index is 14.1. The molecule has 96 valence electrons. The van der Waals surface area contributed by atoms with Crippen LogP contribution in [0, 0.1) is 5.82 Å². The van der Waals surface area contributed by atoms with Gasteiger partial charge in [-0.15, -0.1) is 0 Å². The minimum absolute atomic E-state index is 0.204. The largest absolute Gasteiger partial charge is 0.308 e. The first kappa shape index (κ1) is 13.2. The SMILES string of the molecule is CCn1nccc1C(NC)c1cccc(Br)c1F. The molecule has 2 aromatic rings. The molecular formula is C13H15BrFN3. The van der Waals surface area contributed by atoms with E-state index in [1.807, 2.05) is 30.8 Å². The number of nitrogens with one attached hydrogen (secondary N) is 1. The van der Waals surface area contributed by atoms with Crippen LogP contribution in [0.1, 0.15) is 24.2 Å². The van der Waals surface area contributed by atoms with Gasteiger partial charge < -0.3 is 5.32 Å². The second-order valence-corrected chi connectivity index (χ2v) is 4.79. The normalized spacial score (nSPS) is 12.7. The Kier molecular flexibility index (Phi) is 4.14. The van der Waals surface area contributed by atoms with Crippen molar-refractivity contribution in [2.45, 2.75) is 19.5 Å². The Bertz CT molecular complexity index is 539. The fraction of sp³-hybridized carbons (Fsp3) is 0.308. The van der Waals surface area contributed by atoms with Crippen LogP contribution in [0.15, 0.2) is 34.9 Å². The van der Waals surface area contributed by atoms with Crippen molar-refractivity contribution in [1.82, 2.24) is 15.1 Å². The molecule has 0 aliphatic carbocycles. The quantitative estimate of drug-likeness (QED) is 0.940. The van der Waals surface area contributed by atoms with Gasteiger partial charge in [-0.05, 0) is 42.0 Å². The Morgan fingerprint density at radius 1 is 1.44 bits per heavy atom. The zero-order chi connectivity index (χ0) is 13.1. The molecule has 1 N–H and O–H groups in total. The van der Waals surface area contributed by atoms with Crippen LogP contribution in [-0.4, -0.2) is 16.8 Å². The molecule has 0 saturated heterocycles. The molecule has 2 rings (SSSR count). The molecule has 3 nitrogen and oxygen atoms in total.